The Kier molecular flexibility index (Phi) is 7.82. The molecule has 1 rings (SSSR count). The zero-order valence-electron chi connectivity index (χ0n) is 12.0. The molecule has 0 spiro atoms. The summed E-state index contributed by atoms with van der Waals surface area (Å²) < 4.78 is 0. The maximum Gasteiger partial charge on any atom is 0.0194 e. The van der Waals surface area contributed by atoms with Gasteiger partial charge in [-0.05, 0) is 72.4 Å². The van der Waals surface area contributed by atoms with Crippen LogP contribution in [0.2, 0.25) is 0 Å². The monoisotopic (exact) mass is 241 g/mol. The van der Waals surface area contributed by atoms with E-state index in [0.29, 0.717) is 0 Å². The maximum atomic E-state index is 3.48. The first-order chi connectivity index (χ1) is 8.24. The summed E-state index contributed by atoms with van der Waals surface area (Å²) in [6.45, 7) is 12.0. The Morgan fingerprint density at radius 2 is 2.00 bits per heavy atom. The number of nitrogens with zero attached hydrogens (tertiary/aromatic N) is 2. The molecule has 1 fully saturated rings. The third-order valence-electron chi connectivity index (χ3n) is 3.66. The SMILES string of the molecule is CCCNCCCCN1CCCN(C)CC1C. The molecule has 0 aromatic rings. The standard InChI is InChI=1S/C14H31N3/c1-4-8-15-9-5-6-11-17-12-7-10-16(3)13-14(17)2/h14-15H,4-13H2,1-3H3. The average Bonchev–Trinajstić information content (AvgIpc) is 2.45. The van der Waals surface area contributed by atoms with E-state index >= 15 is 0 Å². The highest BCUT2D eigenvalue weighted by molar-refractivity contribution is 4.75. The van der Waals surface area contributed by atoms with Gasteiger partial charge < -0.3 is 10.2 Å². The van der Waals surface area contributed by atoms with E-state index in [-0.39, 0.29) is 0 Å². The van der Waals surface area contributed by atoms with Gasteiger partial charge in [-0.3, -0.25) is 4.90 Å². The van der Waals surface area contributed by atoms with Crippen LogP contribution in [0.4, 0.5) is 0 Å². The first-order valence-electron chi connectivity index (χ1n) is 7.37. The maximum absolute atomic E-state index is 3.48. The van der Waals surface area contributed by atoms with Gasteiger partial charge in [0.25, 0.3) is 0 Å². The highest BCUT2D eigenvalue weighted by Crippen LogP contribution is 2.09. The van der Waals surface area contributed by atoms with Gasteiger partial charge in [-0.2, -0.15) is 0 Å². The van der Waals surface area contributed by atoms with E-state index in [1.807, 2.05) is 0 Å². The second kappa shape index (κ2) is 8.90. The van der Waals surface area contributed by atoms with Crippen molar-refractivity contribution in [1.82, 2.24) is 15.1 Å². The molecule has 1 unspecified atom stereocenters. The highest BCUT2D eigenvalue weighted by Gasteiger charge is 2.18. The lowest BCUT2D eigenvalue weighted by atomic mass is 10.2. The Hall–Kier alpha value is -0.120. The molecule has 1 aliphatic rings. The fourth-order valence-electron chi connectivity index (χ4n) is 2.62. The Morgan fingerprint density at radius 1 is 1.18 bits per heavy atom. The van der Waals surface area contributed by atoms with Gasteiger partial charge >= 0.3 is 0 Å². The Morgan fingerprint density at radius 3 is 2.76 bits per heavy atom. The summed E-state index contributed by atoms with van der Waals surface area (Å²) in [7, 11) is 2.24. The summed E-state index contributed by atoms with van der Waals surface area (Å²) in [4.78, 5) is 5.14. The summed E-state index contributed by atoms with van der Waals surface area (Å²) >= 11 is 0. The normalized spacial score (nSPS) is 23.8. The molecule has 0 bridgehead atoms. The smallest absolute Gasteiger partial charge is 0.0194 e. The lowest BCUT2D eigenvalue weighted by Gasteiger charge is -2.27. The second-order valence-corrected chi connectivity index (χ2v) is 5.46. The quantitative estimate of drug-likeness (QED) is 0.686. The molecule has 1 saturated heterocycles. The zero-order chi connectivity index (χ0) is 12.5. The van der Waals surface area contributed by atoms with E-state index in [9.17, 15) is 0 Å². The van der Waals surface area contributed by atoms with Crippen molar-refractivity contribution < 1.29 is 0 Å². The molecule has 17 heavy (non-hydrogen) atoms. The van der Waals surface area contributed by atoms with Crippen LogP contribution in [0.5, 0.6) is 0 Å². The first-order valence-corrected chi connectivity index (χ1v) is 7.37. The number of likely N-dealkylation sites (N-methyl/N-ethyl adjacent to an activating group) is 1. The summed E-state index contributed by atoms with van der Waals surface area (Å²) in [6, 6.07) is 0.728. The van der Waals surface area contributed by atoms with Crippen molar-refractivity contribution in [2.45, 2.75) is 45.6 Å². The van der Waals surface area contributed by atoms with Crippen LogP contribution in [0.1, 0.15) is 39.5 Å². The second-order valence-electron chi connectivity index (χ2n) is 5.46. The van der Waals surface area contributed by atoms with Crippen LogP contribution in [0, 0.1) is 0 Å². The van der Waals surface area contributed by atoms with Gasteiger partial charge in [0, 0.05) is 12.6 Å². The van der Waals surface area contributed by atoms with E-state index in [2.05, 4.69) is 36.0 Å². The molecule has 0 aromatic carbocycles. The summed E-state index contributed by atoms with van der Waals surface area (Å²) in [5, 5.41) is 3.48. The minimum Gasteiger partial charge on any atom is -0.317 e. The molecule has 1 N–H and O–H groups in total. The molecule has 1 atom stereocenters. The molecule has 0 amide bonds. The molecule has 1 aliphatic heterocycles. The van der Waals surface area contributed by atoms with E-state index in [4.69, 9.17) is 0 Å². The zero-order valence-corrected chi connectivity index (χ0v) is 12.0. The van der Waals surface area contributed by atoms with Crippen molar-refractivity contribution >= 4 is 0 Å². The van der Waals surface area contributed by atoms with Gasteiger partial charge in [-0.25, -0.2) is 0 Å². The largest absolute Gasteiger partial charge is 0.317 e. The molecule has 3 heteroatoms. The summed E-state index contributed by atoms with van der Waals surface area (Å²) in [5.74, 6) is 0. The average molecular weight is 241 g/mol. The third-order valence-corrected chi connectivity index (χ3v) is 3.66. The van der Waals surface area contributed by atoms with Gasteiger partial charge in [-0.1, -0.05) is 6.92 Å². The molecule has 102 valence electrons. The summed E-state index contributed by atoms with van der Waals surface area (Å²) in [5.41, 5.74) is 0. The van der Waals surface area contributed by atoms with Crippen LogP contribution in [0.15, 0.2) is 0 Å². The van der Waals surface area contributed by atoms with E-state index in [0.717, 1.165) is 6.04 Å². The fourth-order valence-corrected chi connectivity index (χ4v) is 2.62. The van der Waals surface area contributed by atoms with Gasteiger partial charge in [-0.15, -0.1) is 0 Å². The van der Waals surface area contributed by atoms with Crippen molar-refractivity contribution in [3.8, 4) is 0 Å². The predicted molar refractivity (Wildman–Crippen MR) is 75.5 cm³/mol. The number of unbranched alkanes of at least 4 members (excludes halogenated alkanes) is 1. The molecule has 1 heterocycles. The van der Waals surface area contributed by atoms with Crippen LogP contribution in [0.25, 0.3) is 0 Å². The molecule has 0 radical (unpaired) electrons. The molecule has 0 saturated carbocycles. The Bertz CT molecular complexity index is 184. The number of hydrogen-bond donors (Lipinski definition) is 1. The lowest BCUT2D eigenvalue weighted by Crippen LogP contribution is -2.38. The fraction of sp³-hybridized carbons (Fsp3) is 1.00. The van der Waals surface area contributed by atoms with Crippen molar-refractivity contribution in [1.29, 1.82) is 0 Å². The van der Waals surface area contributed by atoms with E-state index < -0.39 is 0 Å². The molecular formula is C14H31N3. The van der Waals surface area contributed by atoms with Crippen LogP contribution in [0.3, 0.4) is 0 Å². The molecule has 0 aliphatic carbocycles. The lowest BCUT2D eigenvalue weighted by molar-refractivity contribution is 0.199. The molecular weight excluding hydrogens is 210 g/mol. The minimum absolute atomic E-state index is 0.728. The van der Waals surface area contributed by atoms with Crippen LogP contribution in [-0.4, -0.2) is 62.2 Å². The van der Waals surface area contributed by atoms with Gasteiger partial charge in [0.2, 0.25) is 0 Å². The predicted octanol–water partition coefficient (Wildman–Crippen LogP) is 1.79. The van der Waals surface area contributed by atoms with Gasteiger partial charge in [0.1, 0.15) is 0 Å². The van der Waals surface area contributed by atoms with Crippen molar-refractivity contribution in [2.75, 3.05) is 46.3 Å². The van der Waals surface area contributed by atoms with Crippen molar-refractivity contribution in [2.24, 2.45) is 0 Å². The van der Waals surface area contributed by atoms with Crippen LogP contribution < -0.4 is 5.32 Å². The first kappa shape index (κ1) is 14.9. The Labute approximate surface area is 108 Å². The Balaban J connectivity index is 2.08. The highest BCUT2D eigenvalue weighted by atomic mass is 15.2. The van der Waals surface area contributed by atoms with Crippen molar-refractivity contribution in [3.05, 3.63) is 0 Å². The van der Waals surface area contributed by atoms with Crippen LogP contribution >= 0.6 is 0 Å². The summed E-state index contributed by atoms with van der Waals surface area (Å²) in [6.07, 6.45) is 5.23. The molecule has 3 nitrogen and oxygen atoms in total. The van der Waals surface area contributed by atoms with E-state index in [1.165, 1.54) is 65.0 Å². The number of nitrogens with one attached hydrogen (secondary N) is 1. The third kappa shape index (κ3) is 6.39. The number of hydrogen-bond acceptors (Lipinski definition) is 3. The van der Waals surface area contributed by atoms with Crippen molar-refractivity contribution in [3.63, 3.8) is 0 Å². The van der Waals surface area contributed by atoms with Gasteiger partial charge in [0.05, 0.1) is 0 Å². The van der Waals surface area contributed by atoms with Crippen LogP contribution in [-0.2, 0) is 0 Å². The topological polar surface area (TPSA) is 18.5 Å². The van der Waals surface area contributed by atoms with Gasteiger partial charge in [0.15, 0.2) is 0 Å². The van der Waals surface area contributed by atoms with E-state index in [1.54, 1.807) is 0 Å². The molecule has 0 aromatic heterocycles. The number of rotatable bonds is 7. The minimum atomic E-state index is 0.728.